The summed E-state index contributed by atoms with van der Waals surface area (Å²) in [5, 5.41) is 16.5. The zero-order valence-corrected chi connectivity index (χ0v) is 17.4. The fourth-order valence-corrected chi connectivity index (χ4v) is 3.36. The number of phenols is 1. The largest absolute Gasteiger partial charge is 0.505 e. The first-order valence-corrected chi connectivity index (χ1v) is 9.64. The van der Waals surface area contributed by atoms with Gasteiger partial charge in [0, 0.05) is 14.1 Å². The van der Waals surface area contributed by atoms with Crippen molar-refractivity contribution in [2.75, 3.05) is 24.7 Å². The second kappa shape index (κ2) is 8.41. The van der Waals surface area contributed by atoms with Gasteiger partial charge in [-0.25, -0.2) is 0 Å². The maximum Gasteiger partial charge on any atom is 0.257 e. The highest BCUT2D eigenvalue weighted by Gasteiger charge is 2.26. The van der Waals surface area contributed by atoms with Crippen LogP contribution >= 0.6 is 0 Å². The predicted molar refractivity (Wildman–Crippen MR) is 119 cm³/mol. The van der Waals surface area contributed by atoms with E-state index >= 15 is 0 Å². The second-order valence-electron chi connectivity index (χ2n) is 7.51. The van der Waals surface area contributed by atoms with E-state index in [0.717, 1.165) is 12.0 Å². The van der Waals surface area contributed by atoms with E-state index in [0.29, 0.717) is 0 Å². The maximum atomic E-state index is 12.2. The summed E-state index contributed by atoms with van der Waals surface area (Å²) in [6.07, 6.45) is 8.63. The highest BCUT2D eigenvalue weighted by molar-refractivity contribution is 5.99. The molecule has 1 aliphatic carbocycles. The second-order valence-corrected chi connectivity index (χ2v) is 7.51. The molecule has 0 bridgehead atoms. The molecule has 7 heteroatoms. The van der Waals surface area contributed by atoms with Crippen molar-refractivity contribution in [1.29, 1.82) is 0 Å². The topological polar surface area (TPSA) is 98.7 Å². The predicted octanol–water partition coefficient (Wildman–Crippen LogP) is 3.07. The first-order chi connectivity index (χ1) is 14.2. The van der Waals surface area contributed by atoms with Gasteiger partial charge in [0.15, 0.2) is 5.75 Å². The van der Waals surface area contributed by atoms with Crippen LogP contribution in [0.2, 0.25) is 0 Å². The summed E-state index contributed by atoms with van der Waals surface area (Å²) in [5.41, 5.74) is 1.54. The van der Waals surface area contributed by atoms with Crippen molar-refractivity contribution in [3.8, 4) is 5.75 Å². The van der Waals surface area contributed by atoms with Crippen LogP contribution in [-0.4, -0.2) is 36.1 Å². The number of hydrogen-bond acceptors (Lipinski definition) is 6. The first kappa shape index (κ1) is 21.1. The minimum Gasteiger partial charge on any atom is -0.505 e. The van der Waals surface area contributed by atoms with E-state index in [2.05, 4.69) is 10.6 Å². The zero-order chi connectivity index (χ0) is 22.0. The number of carbonyl (C=O) groups excluding carboxylic acids is 1. The Balaban J connectivity index is 1.89. The van der Waals surface area contributed by atoms with Crippen molar-refractivity contribution in [2.24, 2.45) is 0 Å². The molecule has 30 heavy (non-hydrogen) atoms. The number of amides is 1. The number of para-hydroxylation sites is 1. The minimum atomic E-state index is -0.671. The molecule has 0 saturated carbocycles. The Morgan fingerprint density at radius 1 is 1.17 bits per heavy atom. The summed E-state index contributed by atoms with van der Waals surface area (Å²) in [6.45, 7) is 3.92. The number of rotatable bonds is 7. The SMILES string of the molecule is C/C=C/C(Nc1c(Nc2cccc(C(=O)N(C)C)c2O)c(=O)c1=O)C1=CC=C(C)C1. The van der Waals surface area contributed by atoms with Crippen molar-refractivity contribution in [3.63, 3.8) is 0 Å². The summed E-state index contributed by atoms with van der Waals surface area (Å²) in [5.74, 6) is -0.651. The van der Waals surface area contributed by atoms with E-state index in [1.165, 1.54) is 16.5 Å². The Morgan fingerprint density at radius 2 is 1.87 bits per heavy atom. The molecule has 0 aromatic heterocycles. The molecule has 0 fully saturated rings. The summed E-state index contributed by atoms with van der Waals surface area (Å²) in [6, 6.07) is 4.40. The average Bonchev–Trinajstić information content (AvgIpc) is 3.16. The summed E-state index contributed by atoms with van der Waals surface area (Å²) < 4.78 is 0. The summed E-state index contributed by atoms with van der Waals surface area (Å²) in [4.78, 5) is 38.0. The molecular weight excluding hydrogens is 382 g/mol. The van der Waals surface area contributed by atoms with E-state index in [9.17, 15) is 19.5 Å². The van der Waals surface area contributed by atoms with Crippen molar-refractivity contribution in [2.45, 2.75) is 26.3 Å². The molecule has 1 unspecified atom stereocenters. The number of anilines is 3. The Labute approximate surface area is 174 Å². The highest BCUT2D eigenvalue weighted by atomic mass is 16.3. The lowest BCUT2D eigenvalue weighted by atomic mass is 10.0. The van der Waals surface area contributed by atoms with Crippen molar-refractivity contribution >= 4 is 23.0 Å². The first-order valence-electron chi connectivity index (χ1n) is 9.64. The molecular formula is C23H25N3O4. The van der Waals surface area contributed by atoms with Gasteiger partial charge in [0.05, 0.1) is 17.3 Å². The van der Waals surface area contributed by atoms with E-state index in [1.54, 1.807) is 26.2 Å². The molecule has 0 saturated heterocycles. The van der Waals surface area contributed by atoms with Crippen LogP contribution in [0.3, 0.4) is 0 Å². The van der Waals surface area contributed by atoms with Gasteiger partial charge in [0.25, 0.3) is 16.8 Å². The van der Waals surface area contributed by atoms with Crippen LogP contribution in [0.5, 0.6) is 5.75 Å². The number of carbonyl (C=O) groups is 1. The van der Waals surface area contributed by atoms with E-state index in [-0.39, 0.29) is 40.3 Å². The van der Waals surface area contributed by atoms with Crippen molar-refractivity contribution < 1.29 is 9.90 Å². The zero-order valence-electron chi connectivity index (χ0n) is 17.4. The maximum absolute atomic E-state index is 12.2. The van der Waals surface area contributed by atoms with Gasteiger partial charge in [-0.1, -0.05) is 35.9 Å². The Hall–Kier alpha value is -3.61. The lowest BCUT2D eigenvalue weighted by Crippen LogP contribution is -2.39. The molecule has 3 rings (SSSR count). The standard InChI is InChI=1S/C23H25N3O4/c1-5-7-16(14-11-10-13(2)12-14)24-18-19(22(29)21(18)28)25-17-9-6-8-15(20(17)27)23(30)26(3)4/h5-11,16,24-25,27H,12H2,1-4H3/b7-5+. The summed E-state index contributed by atoms with van der Waals surface area (Å²) >= 11 is 0. The number of benzene rings is 1. The molecule has 2 aromatic rings. The monoisotopic (exact) mass is 407 g/mol. The van der Waals surface area contributed by atoms with Crippen LogP contribution in [0.15, 0.2) is 63.2 Å². The fourth-order valence-electron chi connectivity index (χ4n) is 3.36. The van der Waals surface area contributed by atoms with Gasteiger partial charge in [-0.3, -0.25) is 14.4 Å². The van der Waals surface area contributed by atoms with Gasteiger partial charge in [-0.15, -0.1) is 0 Å². The Bertz CT molecular complexity index is 1150. The van der Waals surface area contributed by atoms with Crippen LogP contribution in [0.25, 0.3) is 0 Å². The molecule has 3 N–H and O–H groups in total. The van der Waals surface area contributed by atoms with Gasteiger partial charge < -0.3 is 20.6 Å². The van der Waals surface area contributed by atoms with Gasteiger partial charge >= 0.3 is 0 Å². The highest BCUT2D eigenvalue weighted by Crippen LogP contribution is 2.33. The van der Waals surface area contributed by atoms with Crippen LogP contribution in [0.4, 0.5) is 17.1 Å². The molecule has 0 spiro atoms. The molecule has 156 valence electrons. The molecule has 7 nitrogen and oxygen atoms in total. The number of allylic oxidation sites excluding steroid dienone is 4. The molecule has 2 aromatic carbocycles. The molecule has 1 aliphatic rings. The Morgan fingerprint density at radius 3 is 2.47 bits per heavy atom. The smallest absolute Gasteiger partial charge is 0.257 e. The van der Waals surface area contributed by atoms with Crippen molar-refractivity contribution in [1.82, 2.24) is 4.90 Å². The van der Waals surface area contributed by atoms with Crippen LogP contribution in [0, 0.1) is 0 Å². The van der Waals surface area contributed by atoms with Crippen LogP contribution in [-0.2, 0) is 0 Å². The summed E-state index contributed by atoms with van der Waals surface area (Å²) in [7, 11) is 3.16. The van der Waals surface area contributed by atoms with Crippen LogP contribution in [0.1, 0.15) is 30.6 Å². The number of nitrogens with one attached hydrogen (secondary N) is 2. The van der Waals surface area contributed by atoms with Crippen molar-refractivity contribution in [3.05, 3.63) is 79.7 Å². The van der Waals surface area contributed by atoms with E-state index in [4.69, 9.17) is 0 Å². The average molecular weight is 407 g/mol. The Kier molecular flexibility index (Phi) is 5.91. The fraction of sp³-hybridized carbons (Fsp3) is 0.261. The lowest BCUT2D eigenvalue weighted by Gasteiger charge is -2.22. The molecule has 0 heterocycles. The normalized spacial score (nSPS) is 14.5. The van der Waals surface area contributed by atoms with E-state index < -0.39 is 10.9 Å². The van der Waals surface area contributed by atoms with Gasteiger partial charge in [-0.2, -0.15) is 0 Å². The lowest BCUT2D eigenvalue weighted by molar-refractivity contribution is 0.0824. The number of aromatic hydroxyl groups is 1. The van der Waals surface area contributed by atoms with Crippen LogP contribution < -0.4 is 21.5 Å². The quantitative estimate of drug-likeness (QED) is 0.371. The molecule has 1 amide bonds. The van der Waals surface area contributed by atoms with Gasteiger partial charge in [-0.05, 0) is 38.0 Å². The molecule has 1 atom stereocenters. The molecule has 0 aliphatic heterocycles. The van der Waals surface area contributed by atoms with E-state index in [1.807, 2.05) is 38.2 Å². The third-order valence-corrected chi connectivity index (χ3v) is 4.99. The number of phenolic OH excluding ortho intramolecular Hbond substituents is 1. The third-order valence-electron chi connectivity index (χ3n) is 4.99. The van der Waals surface area contributed by atoms with Gasteiger partial charge in [0.1, 0.15) is 11.4 Å². The molecule has 0 radical (unpaired) electrons. The third kappa shape index (κ3) is 3.91. The number of hydrogen-bond donors (Lipinski definition) is 3. The minimum absolute atomic E-state index is 0.0718. The van der Waals surface area contributed by atoms with Gasteiger partial charge in [0.2, 0.25) is 0 Å². The number of nitrogens with zero attached hydrogens (tertiary/aromatic N) is 1.